The molecule has 9 nitrogen and oxygen atoms in total. The first-order valence-electron chi connectivity index (χ1n) is 11.9. The van der Waals surface area contributed by atoms with E-state index in [-0.39, 0.29) is 11.6 Å². The van der Waals surface area contributed by atoms with Crippen LogP contribution in [0.5, 0.6) is 5.75 Å². The minimum absolute atomic E-state index is 0.0813. The summed E-state index contributed by atoms with van der Waals surface area (Å²) in [6, 6.07) is 5.23. The number of pyridine rings is 1. The summed E-state index contributed by atoms with van der Waals surface area (Å²) in [4.78, 5) is 27.4. The molecule has 0 unspecified atom stereocenters. The molecule has 184 valence electrons. The number of fused-ring (bicyclic) bond motifs is 3. The normalized spacial score (nSPS) is 14.9. The van der Waals surface area contributed by atoms with Crippen LogP contribution in [0.15, 0.2) is 43.0 Å². The fourth-order valence-corrected chi connectivity index (χ4v) is 4.70. The second kappa shape index (κ2) is 9.14. The van der Waals surface area contributed by atoms with Gasteiger partial charge in [0.2, 0.25) is 5.91 Å². The topological polar surface area (TPSA) is 91.0 Å². The van der Waals surface area contributed by atoms with Crippen LogP contribution in [0.25, 0.3) is 28.6 Å². The molecule has 1 aromatic carbocycles. The number of amides is 1. The second-order valence-corrected chi connectivity index (χ2v) is 8.84. The zero-order valence-electron chi connectivity index (χ0n) is 19.4. The van der Waals surface area contributed by atoms with Crippen LogP contribution in [0.2, 0.25) is 0 Å². The van der Waals surface area contributed by atoms with Crippen molar-refractivity contribution in [1.29, 1.82) is 0 Å². The van der Waals surface area contributed by atoms with Gasteiger partial charge in [-0.1, -0.05) is 0 Å². The molecule has 1 amide bonds. The molecule has 36 heavy (non-hydrogen) atoms. The van der Waals surface area contributed by atoms with Crippen LogP contribution in [0, 0.1) is 11.6 Å². The number of aryl methyl sites for hydroxylation is 1. The van der Waals surface area contributed by atoms with Crippen LogP contribution >= 0.6 is 0 Å². The number of rotatable bonds is 6. The first kappa shape index (κ1) is 22.3. The summed E-state index contributed by atoms with van der Waals surface area (Å²) in [5.41, 5.74) is 2.22. The van der Waals surface area contributed by atoms with Gasteiger partial charge in [-0.2, -0.15) is 5.10 Å². The first-order chi connectivity index (χ1) is 17.6. The van der Waals surface area contributed by atoms with Gasteiger partial charge in [0.25, 0.3) is 0 Å². The van der Waals surface area contributed by atoms with Crippen LogP contribution < -0.4 is 4.74 Å². The standard InChI is InChI=1S/C25H23F2N7O2/c26-16-5-6-21(19(27)11-16)34-25(29-15-30-34)20-14-33-9-10-36-22-12-17(28-13-18(22)24(33)31-20)3-1-7-32-8-2-4-23(32)35/h5-6,11-15H,1-4,7-10H2. The number of benzene rings is 1. The molecule has 0 saturated carbocycles. The summed E-state index contributed by atoms with van der Waals surface area (Å²) in [6.07, 6.45) is 8.05. The first-order valence-corrected chi connectivity index (χ1v) is 11.9. The number of halogens is 2. The molecule has 5 heterocycles. The van der Waals surface area contributed by atoms with Gasteiger partial charge < -0.3 is 14.2 Å². The lowest BCUT2D eigenvalue weighted by Crippen LogP contribution is -2.25. The predicted octanol–water partition coefficient (Wildman–Crippen LogP) is 3.42. The van der Waals surface area contributed by atoms with Gasteiger partial charge in [0.15, 0.2) is 11.6 Å². The molecule has 0 radical (unpaired) electrons. The highest BCUT2D eigenvalue weighted by atomic mass is 19.1. The zero-order chi connectivity index (χ0) is 24.6. The van der Waals surface area contributed by atoms with Crippen molar-refractivity contribution < 1.29 is 18.3 Å². The maximum atomic E-state index is 14.4. The van der Waals surface area contributed by atoms with Crippen molar-refractivity contribution in [2.75, 3.05) is 19.7 Å². The molecule has 0 bridgehead atoms. The maximum Gasteiger partial charge on any atom is 0.222 e. The smallest absolute Gasteiger partial charge is 0.222 e. The third kappa shape index (κ3) is 4.10. The number of hydrogen-bond acceptors (Lipinski definition) is 6. The maximum absolute atomic E-state index is 14.4. The summed E-state index contributed by atoms with van der Waals surface area (Å²) < 4.78 is 37.1. The van der Waals surface area contributed by atoms with E-state index in [4.69, 9.17) is 9.72 Å². The minimum atomic E-state index is -0.743. The van der Waals surface area contributed by atoms with Crippen LogP contribution in [0.1, 0.15) is 25.0 Å². The summed E-state index contributed by atoms with van der Waals surface area (Å²) in [7, 11) is 0. The van der Waals surface area contributed by atoms with E-state index in [2.05, 4.69) is 15.1 Å². The predicted molar refractivity (Wildman–Crippen MR) is 125 cm³/mol. The molecule has 2 aliphatic rings. The molecule has 2 aliphatic heterocycles. The molecule has 6 rings (SSSR count). The summed E-state index contributed by atoms with van der Waals surface area (Å²) in [5.74, 6) is 0.512. The highest BCUT2D eigenvalue weighted by molar-refractivity contribution is 5.78. The number of ether oxygens (including phenoxy) is 1. The van der Waals surface area contributed by atoms with E-state index < -0.39 is 11.6 Å². The van der Waals surface area contributed by atoms with Crippen LogP contribution in [-0.2, 0) is 17.8 Å². The average Bonchev–Trinajstić information content (AvgIpc) is 3.58. The number of carbonyl (C=O) groups excluding carboxylic acids is 1. The Hall–Kier alpha value is -4.15. The minimum Gasteiger partial charge on any atom is -0.491 e. The number of carbonyl (C=O) groups is 1. The summed E-state index contributed by atoms with van der Waals surface area (Å²) >= 11 is 0. The largest absolute Gasteiger partial charge is 0.491 e. The molecule has 1 saturated heterocycles. The van der Waals surface area contributed by atoms with Crippen molar-refractivity contribution in [1.82, 2.24) is 34.2 Å². The van der Waals surface area contributed by atoms with Gasteiger partial charge in [-0.25, -0.2) is 23.4 Å². The molecule has 11 heteroatoms. The number of imidazole rings is 1. The SMILES string of the molecule is O=C1CCCN1CCCc1cc2c(cn1)-c1nc(-c3ncnn3-c3ccc(F)cc3F)cn1CCO2. The Kier molecular flexibility index (Phi) is 5.67. The Balaban J connectivity index is 1.27. The van der Waals surface area contributed by atoms with Gasteiger partial charge >= 0.3 is 0 Å². The highest BCUT2D eigenvalue weighted by Gasteiger charge is 2.23. The lowest BCUT2D eigenvalue weighted by molar-refractivity contribution is -0.127. The fourth-order valence-electron chi connectivity index (χ4n) is 4.70. The van der Waals surface area contributed by atoms with Crippen LogP contribution in [0.4, 0.5) is 8.78 Å². The van der Waals surface area contributed by atoms with E-state index in [1.54, 1.807) is 6.20 Å². The lowest BCUT2D eigenvalue weighted by atomic mass is 10.1. The van der Waals surface area contributed by atoms with Gasteiger partial charge in [0.05, 0.1) is 12.1 Å². The highest BCUT2D eigenvalue weighted by Crippen LogP contribution is 2.34. The number of aromatic nitrogens is 6. The van der Waals surface area contributed by atoms with Crippen molar-refractivity contribution >= 4 is 5.91 Å². The number of likely N-dealkylation sites (tertiary alicyclic amines) is 1. The average molecular weight is 492 g/mol. The Morgan fingerprint density at radius 2 is 2.00 bits per heavy atom. The fraction of sp³-hybridized carbons (Fsp3) is 0.320. The second-order valence-electron chi connectivity index (χ2n) is 8.84. The quantitative estimate of drug-likeness (QED) is 0.411. The van der Waals surface area contributed by atoms with Gasteiger partial charge in [0.1, 0.15) is 41.7 Å². The molecular formula is C25H23F2N7O2. The van der Waals surface area contributed by atoms with Gasteiger partial charge in [-0.3, -0.25) is 9.78 Å². The Bertz CT molecular complexity index is 1450. The van der Waals surface area contributed by atoms with Crippen molar-refractivity contribution in [3.05, 3.63) is 60.3 Å². The molecule has 0 N–H and O–H groups in total. The van der Waals surface area contributed by atoms with E-state index in [1.165, 1.54) is 23.1 Å². The molecule has 4 aromatic rings. The van der Waals surface area contributed by atoms with Crippen molar-refractivity contribution in [3.63, 3.8) is 0 Å². The van der Waals surface area contributed by atoms with Gasteiger partial charge in [-0.15, -0.1) is 0 Å². The van der Waals surface area contributed by atoms with Crippen LogP contribution in [0.3, 0.4) is 0 Å². The van der Waals surface area contributed by atoms with E-state index in [1.807, 2.05) is 21.7 Å². The Morgan fingerprint density at radius 1 is 1.08 bits per heavy atom. The zero-order valence-corrected chi connectivity index (χ0v) is 19.4. The van der Waals surface area contributed by atoms with Crippen molar-refractivity contribution in [2.24, 2.45) is 0 Å². The van der Waals surface area contributed by atoms with E-state index in [0.717, 1.165) is 49.7 Å². The molecule has 3 aromatic heterocycles. The molecule has 0 atom stereocenters. The van der Waals surface area contributed by atoms with Crippen molar-refractivity contribution in [3.8, 4) is 34.3 Å². The summed E-state index contributed by atoms with van der Waals surface area (Å²) in [6.45, 7) is 2.58. The number of hydrogen-bond donors (Lipinski definition) is 0. The number of nitrogens with zero attached hydrogens (tertiary/aromatic N) is 7. The third-order valence-corrected chi connectivity index (χ3v) is 6.48. The van der Waals surface area contributed by atoms with Gasteiger partial charge in [-0.05, 0) is 31.4 Å². The van der Waals surface area contributed by atoms with E-state index in [0.29, 0.717) is 42.7 Å². The van der Waals surface area contributed by atoms with Crippen LogP contribution in [-0.4, -0.2) is 59.8 Å². The molecular weight excluding hydrogens is 468 g/mol. The Morgan fingerprint density at radius 3 is 2.83 bits per heavy atom. The van der Waals surface area contributed by atoms with Crippen molar-refractivity contribution in [2.45, 2.75) is 32.2 Å². The molecule has 1 fully saturated rings. The summed E-state index contributed by atoms with van der Waals surface area (Å²) in [5, 5.41) is 4.13. The molecule has 0 aliphatic carbocycles. The van der Waals surface area contributed by atoms with Gasteiger partial charge in [0, 0.05) is 49.7 Å². The molecule has 0 spiro atoms. The monoisotopic (exact) mass is 491 g/mol. The lowest BCUT2D eigenvalue weighted by Gasteiger charge is -2.15. The van der Waals surface area contributed by atoms with E-state index in [9.17, 15) is 13.6 Å². The Labute approximate surface area is 205 Å². The van der Waals surface area contributed by atoms with E-state index >= 15 is 0 Å². The third-order valence-electron chi connectivity index (χ3n) is 6.48.